The number of nitrogens with zero attached hydrogens (tertiary/aromatic N) is 2. The first-order valence-corrected chi connectivity index (χ1v) is 7.41. The summed E-state index contributed by atoms with van der Waals surface area (Å²) in [6.07, 6.45) is 5.06. The number of amides is 1. The number of rotatable bonds is 4. The number of hydrogen-bond acceptors (Lipinski definition) is 3. The summed E-state index contributed by atoms with van der Waals surface area (Å²) in [6, 6.07) is 7.27. The molecule has 1 aromatic heterocycles. The van der Waals surface area contributed by atoms with Gasteiger partial charge in [-0.1, -0.05) is 17.7 Å². The summed E-state index contributed by atoms with van der Waals surface area (Å²) in [4.78, 5) is 12.2. The lowest BCUT2D eigenvalue weighted by molar-refractivity contribution is -0.116. The Morgan fingerprint density at radius 2 is 2.38 bits per heavy atom. The molecule has 0 aliphatic carbocycles. The normalized spacial score (nSPS) is 17.9. The van der Waals surface area contributed by atoms with Crippen LogP contribution in [0.3, 0.4) is 0 Å². The minimum absolute atomic E-state index is 0.0133. The first kappa shape index (κ1) is 14.1. The Morgan fingerprint density at radius 3 is 3.10 bits per heavy atom. The Morgan fingerprint density at radius 1 is 1.48 bits per heavy atom. The molecule has 1 aliphatic rings. The highest BCUT2D eigenvalue weighted by atomic mass is 35.5. The molecule has 2 aromatic rings. The van der Waals surface area contributed by atoms with E-state index in [9.17, 15) is 4.79 Å². The lowest BCUT2D eigenvalue weighted by Crippen LogP contribution is -2.19. The smallest absolute Gasteiger partial charge is 0.224 e. The standard InChI is InChI=1S/C15H17ClN4O/c16-12-3-1-4-13(15(12)20-8-2-6-18-20)19-14(21)9-11-5-7-17-10-11/h1-4,6,8,11,17H,5,7,9-10H2,(H,19,21). The van der Waals surface area contributed by atoms with Crippen LogP contribution in [-0.2, 0) is 4.79 Å². The van der Waals surface area contributed by atoms with Crippen molar-refractivity contribution in [3.05, 3.63) is 41.7 Å². The Bertz CT molecular complexity index is 621. The third-order valence-electron chi connectivity index (χ3n) is 3.63. The number of anilines is 1. The zero-order valence-electron chi connectivity index (χ0n) is 11.6. The average Bonchev–Trinajstić information content (AvgIpc) is 3.11. The number of carbonyl (C=O) groups is 1. The highest BCUT2D eigenvalue weighted by molar-refractivity contribution is 6.33. The van der Waals surface area contributed by atoms with Gasteiger partial charge in [0.1, 0.15) is 5.69 Å². The molecule has 1 aromatic carbocycles. The van der Waals surface area contributed by atoms with Crippen LogP contribution in [0.4, 0.5) is 5.69 Å². The Kier molecular flexibility index (Phi) is 4.22. The number of para-hydroxylation sites is 1. The van der Waals surface area contributed by atoms with Gasteiger partial charge in [0.15, 0.2) is 0 Å². The average molecular weight is 305 g/mol. The van der Waals surface area contributed by atoms with Gasteiger partial charge in [-0.05, 0) is 43.6 Å². The van der Waals surface area contributed by atoms with Crippen LogP contribution in [0.2, 0.25) is 5.02 Å². The van der Waals surface area contributed by atoms with Gasteiger partial charge >= 0.3 is 0 Å². The lowest BCUT2D eigenvalue weighted by Gasteiger charge is -2.14. The summed E-state index contributed by atoms with van der Waals surface area (Å²) in [5.74, 6) is 0.428. The molecule has 2 heterocycles. The second kappa shape index (κ2) is 6.28. The van der Waals surface area contributed by atoms with Crippen LogP contribution < -0.4 is 10.6 Å². The molecule has 1 amide bonds. The van der Waals surface area contributed by atoms with Crippen LogP contribution in [0, 0.1) is 5.92 Å². The number of benzene rings is 1. The summed E-state index contributed by atoms with van der Waals surface area (Å²) in [5, 5.41) is 11.0. The summed E-state index contributed by atoms with van der Waals surface area (Å²) >= 11 is 6.25. The zero-order chi connectivity index (χ0) is 14.7. The summed E-state index contributed by atoms with van der Waals surface area (Å²) in [7, 11) is 0. The number of nitrogens with one attached hydrogen (secondary N) is 2. The molecule has 1 fully saturated rings. The molecule has 0 radical (unpaired) electrons. The number of hydrogen-bond donors (Lipinski definition) is 2. The highest BCUT2D eigenvalue weighted by Crippen LogP contribution is 2.28. The maximum absolute atomic E-state index is 12.2. The fourth-order valence-electron chi connectivity index (χ4n) is 2.60. The molecule has 0 saturated carbocycles. The highest BCUT2D eigenvalue weighted by Gasteiger charge is 2.19. The van der Waals surface area contributed by atoms with E-state index in [1.54, 1.807) is 23.1 Å². The van der Waals surface area contributed by atoms with E-state index in [-0.39, 0.29) is 5.91 Å². The van der Waals surface area contributed by atoms with E-state index < -0.39 is 0 Å². The van der Waals surface area contributed by atoms with Crippen LogP contribution in [0.15, 0.2) is 36.7 Å². The van der Waals surface area contributed by atoms with E-state index in [1.807, 2.05) is 18.2 Å². The van der Waals surface area contributed by atoms with E-state index in [0.717, 1.165) is 19.5 Å². The molecular formula is C15H17ClN4O. The van der Waals surface area contributed by atoms with E-state index >= 15 is 0 Å². The van der Waals surface area contributed by atoms with Crippen molar-refractivity contribution < 1.29 is 4.79 Å². The van der Waals surface area contributed by atoms with Crippen molar-refractivity contribution in [3.63, 3.8) is 0 Å². The predicted octanol–water partition coefficient (Wildman–Crippen LogP) is 2.46. The largest absolute Gasteiger partial charge is 0.324 e. The third-order valence-corrected chi connectivity index (χ3v) is 3.94. The van der Waals surface area contributed by atoms with Gasteiger partial charge in [0.25, 0.3) is 0 Å². The molecule has 1 unspecified atom stereocenters. The SMILES string of the molecule is O=C(CC1CCNC1)Nc1cccc(Cl)c1-n1cccn1. The van der Waals surface area contributed by atoms with Crippen molar-refractivity contribution in [3.8, 4) is 5.69 Å². The van der Waals surface area contributed by atoms with Crippen LogP contribution in [-0.4, -0.2) is 28.8 Å². The minimum atomic E-state index is 0.0133. The van der Waals surface area contributed by atoms with E-state index in [2.05, 4.69) is 15.7 Å². The predicted molar refractivity (Wildman–Crippen MR) is 82.8 cm³/mol. The molecule has 1 aliphatic heterocycles. The Hall–Kier alpha value is -1.85. The topological polar surface area (TPSA) is 59.0 Å². The van der Waals surface area contributed by atoms with Crippen molar-refractivity contribution in [2.45, 2.75) is 12.8 Å². The van der Waals surface area contributed by atoms with Crippen LogP contribution in [0.25, 0.3) is 5.69 Å². The first-order valence-electron chi connectivity index (χ1n) is 7.03. The minimum Gasteiger partial charge on any atom is -0.324 e. The van der Waals surface area contributed by atoms with Gasteiger partial charge in [0, 0.05) is 18.8 Å². The molecule has 6 heteroatoms. The van der Waals surface area contributed by atoms with Crippen LogP contribution in [0.1, 0.15) is 12.8 Å². The van der Waals surface area contributed by atoms with Gasteiger partial charge < -0.3 is 10.6 Å². The van der Waals surface area contributed by atoms with Gasteiger partial charge in [-0.2, -0.15) is 5.10 Å². The molecule has 110 valence electrons. The fraction of sp³-hybridized carbons (Fsp3) is 0.333. The van der Waals surface area contributed by atoms with Crippen molar-refractivity contribution in [2.75, 3.05) is 18.4 Å². The quantitative estimate of drug-likeness (QED) is 0.912. The third kappa shape index (κ3) is 3.25. The van der Waals surface area contributed by atoms with Crippen molar-refractivity contribution in [1.29, 1.82) is 0 Å². The first-order chi connectivity index (χ1) is 10.2. The summed E-state index contributed by atoms with van der Waals surface area (Å²) in [5.41, 5.74) is 1.38. The Balaban J connectivity index is 1.79. The van der Waals surface area contributed by atoms with Gasteiger partial charge in [0.2, 0.25) is 5.91 Å². The molecule has 0 bridgehead atoms. The second-order valence-electron chi connectivity index (χ2n) is 5.20. The number of carbonyl (C=O) groups excluding carboxylic acids is 1. The van der Waals surface area contributed by atoms with Crippen LogP contribution >= 0.6 is 11.6 Å². The van der Waals surface area contributed by atoms with Crippen molar-refractivity contribution in [2.24, 2.45) is 5.92 Å². The van der Waals surface area contributed by atoms with E-state index in [1.165, 1.54) is 0 Å². The van der Waals surface area contributed by atoms with Gasteiger partial charge in [0.05, 0.1) is 10.7 Å². The maximum atomic E-state index is 12.2. The molecule has 0 spiro atoms. The number of halogens is 1. The van der Waals surface area contributed by atoms with Gasteiger partial charge in [-0.25, -0.2) is 4.68 Å². The molecule has 1 atom stereocenters. The molecule has 21 heavy (non-hydrogen) atoms. The lowest BCUT2D eigenvalue weighted by atomic mass is 10.0. The summed E-state index contributed by atoms with van der Waals surface area (Å²) in [6.45, 7) is 1.91. The maximum Gasteiger partial charge on any atom is 0.224 e. The number of aromatic nitrogens is 2. The molecule has 2 N–H and O–H groups in total. The van der Waals surface area contributed by atoms with E-state index in [0.29, 0.717) is 28.7 Å². The van der Waals surface area contributed by atoms with Gasteiger partial charge in [-0.15, -0.1) is 0 Å². The molecule has 5 nitrogen and oxygen atoms in total. The zero-order valence-corrected chi connectivity index (χ0v) is 12.3. The molecular weight excluding hydrogens is 288 g/mol. The second-order valence-corrected chi connectivity index (χ2v) is 5.60. The van der Waals surface area contributed by atoms with Crippen molar-refractivity contribution in [1.82, 2.24) is 15.1 Å². The molecule has 3 rings (SSSR count). The van der Waals surface area contributed by atoms with Crippen LogP contribution in [0.5, 0.6) is 0 Å². The van der Waals surface area contributed by atoms with Gasteiger partial charge in [-0.3, -0.25) is 4.79 Å². The van der Waals surface area contributed by atoms with E-state index in [4.69, 9.17) is 11.6 Å². The molecule has 1 saturated heterocycles. The Labute approximate surface area is 128 Å². The summed E-state index contributed by atoms with van der Waals surface area (Å²) < 4.78 is 1.66. The fourth-order valence-corrected chi connectivity index (χ4v) is 2.86. The van der Waals surface area contributed by atoms with Crippen molar-refractivity contribution >= 4 is 23.2 Å². The monoisotopic (exact) mass is 304 g/mol.